The number of nitrogens with two attached hydrogens (primary N) is 1. The van der Waals surface area contributed by atoms with Gasteiger partial charge in [-0.2, -0.15) is 0 Å². The fraction of sp³-hybridized carbons (Fsp3) is 0.100. The van der Waals surface area contributed by atoms with Crippen LogP contribution in [0.25, 0.3) is 10.9 Å². The van der Waals surface area contributed by atoms with Crippen molar-refractivity contribution in [1.82, 2.24) is 4.98 Å². The molecule has 0 aliphatic carbocycles. The lowest BCUT2D eigenvalue weighted by molar-refractivity contribution is 1.39. The number of aromatic nitrogens is 1. The van der Waals surface area contributed by atoms with E-state index in [1.807, 2.05) is 6.92 Å². The number of nitrogens with zero attached hydrogens (tertiary/aromatic N) is 1. The summed E-state index contributed by atoms with van der Waals surface area (Å²) >= 11 is 18.2. The molecule has 0 spiro atoms. The number of rotatable bonds is 0. The molecule has 0 aliphatic heterocycles. The highest BCUT2D eigenvalue weighted by Crippen LogP contribution is 2.38. The molecule has 0 radical (unpaired) electrons. The predicted molar refractivity (Wildman–Crippen MR) is 65.9 cm³/mol. The Morgan fingerprint density at radius 2 is 1.87 bits per heavy atom. The van der Waals surface area contributed by atoms with Gasteiger partial charge in [0.05, 0.1) is 32.5 Å². The average Bonchev–Trinajstić information content (AvgIpc) is 2.19. The molecule has 15 heavy (non-hydrogen) atoms. The van der Waals surface area contributed by atoms with E-state index in [-0.39, 0.29) is 0 Å². The molecule has 2 nitrogen and oxygen atoms in total. The van der Waals surface area contributed by atoms with Gasteiger partial charge >= 0.3 is 0 Å². The molecule has 5 heteroatoms. The van der Waals surface area contributed by atoms with Crippen LogP contribution < -0.4 is 5.73 Å². The van der Waals surface area contributed by atoms with Crippen molar-refractivity contribution in [3.05, 3.63) is 32.9 Å². The molecule has 2 rings (SSSR count). The third-order valence-corrected chi connectivity index (χ3v) is 3.36. The summed E-state index contributed by atoms with van der Waals surface area (Å²) in [5, 5.41) is 2.08. The van der Waals surface area contributed by atoms with Crippen LogP contribution in [-0.2, 0) is 0 Å². The Morgan fingerprint density at radius 3 is 2.53 bits per heavy atom. The molecule has 2 aromatic rings. The van der Waals surface area contributed by atoms with Crippen LogP contribution in [0.4, 0.5) is 5.69 Å². The Labute approximate surface area is 102 Å². The first-order chi connectivity index (χ1) is 7.02. The third kappa shape index (κ3) is 1.63. The van der Waals surface area contributed by atoms with Gasteiger partial charge in [0.25, 0.3) is 0 Å². The predicted octanol–water partition coefficient (Wildman–Crippen LogP) is 4.09. The van der Waals surface area contributed by atoms with Crippen LogP contribution in [0.5, 0.6) is 0 Å². The lowest BCUT2D eigenvalue weighted by Crippen LogP contribution is -1.92. The van der Waals surface area contributed by atoms with E-state index in [2.05, 4.69) is 4.98 Å². The first-order valence-corrected chi connectivity index (χ1v) is 5.34. The normalized spacial score (nSPS) is 10.9. The fourth-order valence-electron chi connectivity index (χ4n) is 1.40. The van der Waals surface area contributed by atoms with E-state index in [1.165, 1.54) is 6.20 Å². The van der Waals surface area contributed by atoms with Gasteiger partial charge in [0.15, 0.2) is 0 Å². The molecule has 0 unspecified atom stereocenters. The van der Waals surface area contributed by atoms with Crippen LogP contribution in [0, 0.1) is 6.92 Å². The minimum absolute atomic E-state index is 0.396. The summed E-state index contributed by atoms with van der Waals surface area (Å²) in [6.07, 6.45) is 1.47. The zero-order valence-electron chi connectivity index (χ0n) is 7.81. The molecular weight excluding hydrogens is 254 g/mol. The van der Waals surface area contributed by atoms with Gasteiger partial charge in [-0.05, 0) is 18.6 Å². The Hall–Kier alpha value is -0.700. The molecule has 0 amide bonds. The van der Waals surface area contributed by atoms with Gasteiger partial charge in [-0.25, -0.2) is 0 Å². The average molecular weight is 262 g/mol. The number of benzene rings is 1. The van der Waals surface area contributed by atoms with Gasteiger partial charge < -0.3 is 5.73 Å². The zero-order chi connectivity index (χ0) is 11.2. The van der Waals surface area contributed by atoms with Gasteiger partial charge in [-0.3, -0.25) is 4.98 Å². The minimum atomic E-state index is 0.396. The van der Waals surface area contributed by atoms with E-state index < -0.39 is 0 Å². The van der Waals surface area contributed by atoms with Crippen molar-refractivity contribution in [2.24, 2.45) is 0 Å². The second kappa shape index (κ2) is 3.71. The molecule has 0 saturated heterocycles. The zero-order valence-corrected chi connectivity index (χ0v) is 10.1. The quantitative estimate of drug-likeness (QED) is 0.776. The van der Waals surface area contributed by atoms with Gasteiger partial charge in [0.1, 0.15) is 0 Å². The van der Waals surface area contributed by atoms with Crippen molar-refractivity contribution in [2.75, 3.05) is 5.73 Å². The number of hydrogen-bond acceptors (Lipinski definition) is 2. The molecule has 1 aromatic heterocycles. The molecule has 0 aliphatic rings. The third-order valence-electron chi connectivity index (χ3n) is 2.18. The van der Waals surface area contributed by atoms with Gasteiger partial charge in [-0.15, -0.1) is 0 Å². The minimum Gasteiger partial charge on any atom is -0.396 e. The second-order valence-electron chi connectivity index (χ2n) is 3.24. The molecule has 78 valence electrons. The fourth-order valence-corrected chi connectivity index (χ4v) is 2.23. The molecule has 0 fully saturated rings. The highest BCUT2D eigenvalue weighted by molar-refractivity contribution is 6.46. The first-order valence-electron chi connectivity index (χ1n) is 4.20. The summed E-state index contributed by atoms with van der Waals surface area (Å²) in [7, 11) is 0. The van der Waals surface area contributed by atoms with Gasteiger partial charge in [-0.1, -0.05) is 34.8 Å². The van der Waals surface area contributed by atoms with E-state index in [0.29, 0.717) is 31.7 Å². The van der Waals surface area contributed by atoms with Crippen LogP contribution in [-0.4, -0.2) is 4.98 Å². The molecule has 1 aromatic carbocycles. The molecule has 1 heterocycles. The Morgan fingerprint density at radius 1 is 1.20 bits per heavy atom. The summed E-state index contributed by atoms with van der Waals surface area (Å²) in [5.41, 5.74) is 7.48. The Kier molecular flexibility index (Phi) is 2.67. The highest BCUT2D eigenvalue weighted by atomic mass is 35.5. The van der Waals surface area contributed by atoms with Crippen LogP contribution in [0.15, 0.2) is 12.3 Å². The Balaban J connectivity index is 3.04. The van der Waals surface area contributed by atoms with Crippen molar-refractivity contribution < 1.29 is 0 Å². The van der Waals surface area contributed by atoms with Crippen molar-refractivity contribution in [2.45, 2.75) is 6.92 Å². The van der Waals surface area contributed by atoms with Crippen molar-refractivity contribution in [1.29, 1.82) is 0 Å². The first kappa shape index (κ1) is 10.8. The maximum Gasteiger partial charge on any atom is 0.0920 e. The van der Waals surface area contributed by atoms with Gasteiger partial charge in [0, 0.05) is 5.39 Å². The number of nitrogen functional groups attached to an aromatic ring is 1. The van der Waals surface area contributed by atoms with Crippen molar-refractivity contribution in [3.8, 4) is 0 Å². The molecular formula is C10H7Cl3N2. The number of fused-ring (bicyclic) bond motifs is 1. The van der Waals surface area contributed by atoms with Crippen LogP contribution in [0.3, 0.4) is 0 Å². The lowest BCUT2D eigenvalue weighted by atomic mass is 10.1. The molecule has 0 bridgehead atoms. The summed E-state index contributed by atoms with van der Waals surface area (Å²) in [6, 6.07) is 1.76. The van der Waals surface area contributed by atoms with E-state index in [1.54, 1.807) is 6.07 Å². The van der Waals surface area contributed by atoms with E-state index in [4.69, 9.17) is 40.5 Å². The molecule has 0 saturated carbocycles. The Bertz CT molecular complexity index is 544. The van der Waals surface area contributed by atoms with Crippen molar-refractivity contribution >= 4 is 51.4 Å². The SMILES string of the molecule is Cc1cc(Cl)c2ncc(N)c(Cl)c2c1Cl. The maximum atomic E-state index is 6.14. The second-order valence-corrected chi connectivity index (χ2v) is 4.40. The topological polar surface area (TPSA) is 38.9 Å². The monoisotopic (exact) mass is 260 g/mol. The van der Waals surface area contributed by atoms with Crippen LogP contribution >= 0.6 is 34.8 Å². The lowest BCUT2D eigenvalue weighted by Gasteiger charge is -2.08. The van der Waals surface area contributed by atoms with E-state index in [9.17, 15) is 0 Å². The van der Waals surface area contributed by atoms with Crippen molar-refractivity contribution in [3.63, 3.8) is 0 Å². The highest BCUT2D eigenvalue weighted by Gasteiger charge is 2.13. The summed E-state index contributed by atoms with van der Waals surface area (Å²) < 4.78 is 0. The molecule has 0 atom stereocenters. The largest absolute Gasteiger partial charge is 0.396 e. The molecule has 2 N–H and O–H groups in total. The summed E-state index contributed by atoms with van der Waals surface area (Å²) in [5.74, 6) is 0. The number of pyridine rings is 1. The maximum absolute atomic E-state index is 6.14. The van der Waals surface area contributed by atoms with Gasteiger partial charge in [0.2, 0.25) is 0 Å². The number of aryl methyl sites for hydroxylation is 1. The van der Waals surface area contributed by atoms with E-state index >= 15 is 0 Å². The van der Waals surface area contributed by atoms with Crippen LogP contribution in [0.2, 0.25) is 15.1 Å². The smallest absolute Gasteiger partial charge is 0.0920 e. The van der Waals surface area contributed by atoms with E-state index in [0.717, 1.165) is 5.56 Å². The number of hydrogen-bond donors (Lipinski definition) is 1. The number of anilines is 1. The standard InChI is InChI=1S/C10H7Cl3N2/c1-4-2-5(11)10-7(8(4)12)9(13)6(14)3-15-10/h2-3H,14H2,1H3. The summed E-state index contributed by atoms with van der Waals surface area (Å²) in [6.45, 7) is 1.85. The summed E-state index contributed by atoms with van der Waals surface area (Å²) in [4.78, 5) is 4.12. The van der Waals surface area contributed by atoms with Crippen LogP contribution in [0.1, 0.15) is 5.56 Å². The number of halogens is 3.